The smallest absolute Gasteiger partial charge is 0.304 e. The molecule has 200 valence electrons. The molecule has 4 aromatic rings. The number of nitrogens with zero attached hydrogens (tertiary/aromatic N) is 4. The second-order valence-electron chi connectivity index (χ2n) is 10.8. The Morgan fingerprint density at radius 2 is 1.92 bits per heavy atom. The van der Waals surface area contributed by atoms with Crippen LogP contribution in [0, 0.1) is 19.7 Å². The van der Waals surface area contributed by atoms with E-state index in [1.165, 1.54) is 11.6 Å². The van der Waals surface area contributed by atoms with Gasteiger partial charge < -0.3 is 10.0 Å². The van der Waals surface area contributed by atoms with Crippen LogP contribution in [0.1, 0.15) is 81.9 Å². The largest absolute Gasteiger partial charge is 0.481 e. The first-order valence-corrected chi connectivity index (χ1v) is 13.5. The Hall–Kier alpha value is -4.07. The van der Waals surface area contributed by atoms with Gasteiger partial charge >= 0.3 is 5.97 Å². The maximum atomic E-state index is 14.7. The van der Waals surface area contributed by atoms with E-state index >= 15 is 0 Å². The predicted octanol–water partition coefficient (Wildman–Crippen LogP) is 5.72. The third-order valence-corrected chi connectivity index (χ3v) is 8.51. The summed E-state index contributed by atoms with van der Waals surface area (Å²) in [6.45, 7) is 6.53. The highest BCUT2D eigenvalue weighted by atomic mass is 19.1. The monoisotopic (exact) mass is 526 g/mol. The van der Waals surface area contributed by atoms with Gasteiger partial charge in [0.25, 0.3) is 5.91 Å². The van der Waals surface area contributed by atoms with E-state index in [2.05, 4.69) is 22.4 Å². The molecule has 6 rings (SSSR count). The van der Waals surface area contributed by atoms with Crippen LogP contribution in [-0.2, 0) is 17.8 Å². The van der Waals surface area contributed by atoms with Gasteiger partial charge in [0.1, 0.15) is 11.3 Å². The minimum atomic E-state index is -0.887. The van der Waals surface area contributed by atoms with E-state index in [1.807, 2.05) is 48.6 Å². The van der Waals surface area contributed by atoms with Crippen molar-refractivity contribution in [2.45, 2.75) is 71.0 Å². The molecule has 39 heavy (non-hydrogen) atoms. The quantitative estimate of drug-likeness (QED) is 0.347. The number of carbonyl (C=O) groups excluding carboxylic acids is 1. The molecule has 1 aromatic heterocycles. The standard InChI is InChI=1S/C31H31FN4O3/c1-4-35-28-12-9-22(18(3)30(28)33-34-35)23(16-29(37)38)20-7-6-19-14-21-8-11-27(24(19)15-20)36(21)31(39)25-13-17(2)5-10-26(25)32/h5-7,9-10,12-13,15,21,23,27H,4,8,11,14,16H2,1-3H3,(H,37,38)/t21-,23?,27+/m1/s1. The van der Waals surface area contributed by atoms with Crippen LogP contribution in [0.5, 0.6) is 0 Å². The summed E-state index contributed by atoms with van der Waals surface area (Å²) in [5.74, 6) is -2.05. The summed E-state index contributed by atoms with van der Waals surface area (Å²) in [6.07, 6.45) is 2.29. The first-order chi connectivity index (χ1) is 18.8. The molecule has 7 nitrogen and oxygen atoms in total. The van der Waals surface area contributed by atoms with Gasteiger partial charge in [0.05, 0.1) is 23.5 Å². The van der Waals surface area contributed by atoms with Crippen molar-refractivity contribution in [2.24, 2.45) is 0 Å². The van der Waals surface area contributed by atoms with Crippen LogP contribution in [0.4, 0.5) is 4.39 Å². The molecule has 2 bridgehead atoms. The van der Waals surface area contributed by atoms with Crippen molar-refractivity contribution < 1.29 is 19.1 Å². The molecule has 2 aliphatic heterocycles. The number of amides is 1. The summed E-state index contributed by atoms with van der Waals surface area (Å²) in [5.41, 5.74) is 7.58. The third kappa shape index (κ3) is 4.18. The zero-order valence-corrected chi connectivity index (χ0v) is 22.3. The Bertz CT molecular complexity index is 1630. The molecule has 0 saturated carbocycles. The van der Waals surface area contributed by atoms with E-state index in [1.54, 1.807) is 12.1 Å². The SMILES string of the molecule is CCn1nnc2c(C)c(C(CC(=O)O)c3ccc4c(c3)[C@@H]3CC[C@H](C4)N3C(=O)c3cc(C)ccc3F)ccc21. The van der Waals surface area contributed by atoms with Crippen LogP contribution in [0.15, 0.2) is 48.5 Å². The number of carbonyl (C=O) groups is 2. The Kier molecular flexibility index (Phi) is 6.20. The van der Waals surface area contributed by atoms with Crippen LogP contribution in [0.3, 0.4) is 0 Å². The van der Waals surface area contributed by atoms with Gasteiger partial charge in [0.15, 0.2) is 0 Å². The molecule has 1 amide bonds. The number of fused-ring (bicyclic) bond motifs is 5. The lowest BCUT2D eigenvalue weighted by Crippen LogP contribution is -2.42. The Morgan fingerprint density at radius 3 is 2.69 bits per heavy atom. The first kappa shape index (κ1) is 25.2. The number of hydrogen-bond donors (Lipinski definition) is 1. The fourth-order valence-electron chi connectivity index (χ4n) is 6.59. The summed E-state index contributed by atoms with van der Waals surface area (Å²) in [6, 6.07) is 14.7. The lowest BCUT2D eigenvalue weighted by Gasteiger charge is -2.37. The van der Waals surface area contributed by atoms with Crippen LogP contribution < -0.4 is 0 Å². The average molecular weight is 527 g/mol. The van der Waals surface area contributed by atoms with Gasteiger partial charge in [-0.25, -0.2) is 9.07 Å². The fraction of sp³-hybridized carbons (Fsp3) is 0.355. The number of hydrogen-bond acceptors (Lipinski definition) is 4. The van der Waals surface area contributed by atoms with Crippen molar-refractivity contribution in [3.8, 4) is 0 Å². The molecule has 3 atom stereocenters. The number of benzene rings is 3. The molecule has 0 spiro atoms. The lowest BCUT2D eigenvalue weighted by molar-refractivity contribution is -0.137. The summed E-state index contributed by atoms with van der Waals surface area (Å²) < 4.78 is 16.5. The molecular formula is C31H31FN4O3. The van der Waals surface area contributed by atoms with Crippen molar-refractivity contribution >= 4 is 22.9 Å². The zero-order chi connectivity index (χ0) is 27.4. The maximum absolute atomic E-state index is 14.7. The highest BCUT2D eigenvalue weighted by molar-refractivity contribution is 5.95. The molecule has 1 unspecified atom stereocenters. The second-order valence-corrected chi connectivity index (χ2v) is 10.8. The van der Waals surface area contributed by atoms with E-state index in [0.717, 1.165) is 51.7 Å². The maximum Gasteiger partial charge on any atom is 0.304 e. The van der Waals surface area contributed by atoms with Gasteiger partial charge in [-0.1, -0.05) is 41.1 Å². The highest BCUT2D eigenvalue weighted by Gasteiger charge is 2.43. The van der Waals surface area contributed by atoms with Crippen LogP contribution in [0.2, 0.25) is 0 Å². The minimum Gasteiger partial charge on any atom is -0.481 e. The molecule has 8 heteroatoms. The summed E-state index contributed by atoms with van der Waals surface area (Å²) in [7, 11) is 0. The Morgan fingerprint density at radius 1 is 1.10 bits per heavy atom. The summed E-state index contributed by atoms with van der Waals surface area (Å²) >= 11 is 0. The molecule has 3 aromatic carbocycles. The summed E-state index contributed by atoms with van der Waals surface area (Å²) in [4.78, 5) is 27.5. The van der Waals surface area contributed by atoms with E-state index in [4.69, 9.17) is 0 Å². The van der Waals surface area contributed by atoms with Crippen molar-refractivity contribution in [2.75, 3.05) is 0 Å². The van der Waals surface area contributed by atoms with Crippen LogP contribution in [-0.4, -0.2) is 42.9 Å². The van der Waals surface area contributed by atoms with Crippen molar-refractivity contribution in [1.29, 1.82) is 0 Å². The number of halogens is 1. The number of aryl methyl sites for hydroxylation is 3. The lowest BCUT2D eigenvalue weighted by atomic mass is 9.82. The van der Waals surface area contributed by atoms with Gasteiger partial charge in [-0.05, 0) is 86.1 Å². The topological polar surface area (TPSA) is 88.3 Å². The average Bonchev–Trinajstić information content (AvgIpc) is 3.49. The number of carboxylic acids is 1. The molecular weight excluding hydrogens is 495 g/mol. The van der Waals surface area contributed by atoms with E-state index in [0.29, 0.717) is 13.0 Å². The number of aliphatic carboxylic acids is 1. The number of carboxylic acid groups (broad SMARTS) is 1. The zero-order valence-electron chi connectivity index (χ0n) is 22.3. The van der Waals surface area contributed by atoms with Gasteiger partial charge in [-0.3, -0.25) is 9.59 Å². The molecule has 0 radical (unpaired) electrons. The minimum absolute atomic E-state index is 0.0291. The normalized spacial score (nSPS) is 18.8. The molecule has 1 fully saturated rings. The van der Waals surface area contributed by atoms with Crippen LogP contribution >= 0.6 is 0 Å². The van der Waals surface area contributed by atoms with Crippen molar-refractivity contribution in [3.63, 3.8) is 0 Å². The number of aromatic nitrogens is 3. The van der Waals surface area contributed by atoms with Gasteiger partial charge in [0, 0.05) is 18.5 Å². The van der Waals surface area contributed by atoms with Gasteiger partial charge in [-0.2, -0.15) is 0 Å². The summed E-state index contributed by atoms with van der Waals surface area (Å²) in [5, 5.41) is 18.5. The van der Waals surface area contributed by atoms with Gasteiger partial charge in [0.2, 0.25) is 0 Å². The second kappa shape index (κ2) is 9.59. The molecule has 1 saturated heterocycles. The molecule has 0 aliphatic carbocycles. The van der Waals surface area contributed by atoms with Crippen molar-refractivity contribution in [1.82, 2.24) is 19.9 Å². The van der Waals surface area contributed by atoms with E-state index in [-0.39, 0.29) is 35.9 Å². The first-order valence-electron chi connectivity index (χ1n) is 13.5. The molecule has 1 N–H and O–H groups in total. The van der Waals surface area contributed by atoms with E-state index in [9.17, 15) is 19.1 Å². The number of rotatable bonds is 6. The van der Waals surface area contributed by atoms with Gasteiger partial charge in [-0.15, -0.1) is 5.10 Å². The molecule has 3 heterocycles. The third-order valence-electron chi connectivity index (χ3n) is 8.51. The Labute approximate surface area is 226 Å². The molecule has 2 aliphatic rings. The van der Waals surface area contributed by atoms with E-state index < -0.39 is 11.8 Å². The van der Waals surface area contributed by atoms with Crippen LogP contribution in [0.25, 0.3) is 11.0 Å². The highest BCUT2D eigenvalue weighted by Crippen LogP contribution is 2.46. The Balaban J connectivity index is 1.41. The predicted molar refractivity (Wildman–Crippen MR) is 145 cm³/mol. The fourth-order valence-corrected chi connectivity index (χ4v) is 6.59. The van der Waals surface area contributed by atoms with Crippen molar-refractivity contribution in [3.05, 3.63) is 93.3 Å².